The number of nitrogens with zero attached hydrogens (tertiary/aromatic N) is 2. The van der Waals surface area contributed by atoms with E-state index in [0.717, 1.165) is 23.5 Å². The van der Waals surface area contributed by atoms with E-state index in [2.05, 4.69) is 21.8 Å². The lowest BCUT2D eigenvalue weighted by molar-refractivity contribution is 0.0601. The SMILES string of the molecule is CCn1cncc1CNc1cc(C(=O)OC)ccc1C. The van der Waals surface area contributed by atoms with E-state index in [0.29, 0.717) is 12.1 Å². The van der Waals surface area contributed by atoms with E-state index >= 15 is 0 Å². The van der Waals surface area contributed by atoms with Crippen LogP contribution >= 0.6 is 0 Å². The highest BCUT2D eigenvalue weighted by Gasteiger charge is 2.08. The zero-order valence-electron chi connectivity index (χ0n) is 12.0. The number of aryl methyl sites for hydroxylation is 2. The Hall–Kier alpha value is -2.30. The second-order valence-electron chi connectivity index (χ2n) is 4.55. The van der Waals surface area contributed by atoms with Crippen molar-refractivity contribution >= 4 is 11.7 Å². The highest BCUT2D eigenvalue weighted by molar-refractivity contribution is 5.90. The van der Waals surface area contributed by atoms with Crippen LogP contribution in [0, 0.1) is 6.92 Å². The number of ether oxygens (including phenoxy) is 1. The van der Waals surface area contributed by atoms with Gasteiger partial charge < -0.3 is 14.6 Å². The predicted molar refractivity (Wildman–Crippen MR) is 77.7 cm³/mol. The standard InChI is InChI=1S/C15H19N3O2/c1-4-18-10-16-8-13(18)9-17-14-7-12(15(19)20-3)6-5-11(14)2/h5-8,10,17H,4,9H2,1-3H3. The Morgan fingerprint density at radius 2 is 2.25 bits per heavy atom. The van der Waals surface area contributed by atoms with Crippen LogP contribution in [0.25, 0.3) is 0 Å². The van der Waals surface area contributed by atoms with E-state index in [-0.39, 0.29) is 5.97 Å². The van der Waals surface area contributed by atoms with Gasteiger partial charge in [-0.15, -0.1) is 0 Å². The number of methoxy groups -OCH3 is 1. The molecule has 0 amide bonds. The summed E-state index contributed by atoms with van der Waals surface area (Å²) in [5, 5.41) is 3.34. The van der Waals surface area contributed by atoms with Crippen molar-refractivity contribution in [3.63, 3.8) is 0 Å². The number of aromatic nitrogens is 2. The number of carbonyl (C=O) groups excluding carboxylic acids is 1. The molecule has 1 heterocycles. The molecule has 20 heavy (non-hydrogen) atoms. The van der Waals surface area contributed by atoms with E-state index in [4.69, 9.17) is 4.74 Å². The monoisotopic (exact) mass is 273 g/mol. The van der Waals surface area contributed by atoms with Crippen molar-refractivity contribution < 1.29 is 9.53 Å². The second-order valence-corrected chi connectivity index (χ2v) is 4.55. The van der Waals surface area contributed by atoms with Gasteiger partial charge in [0.2, 0.25) is 0 Å². The van der Waals surface area contributed by atoms with Crippen molar-refractivity contribution in [1.82, 2.24) is 9.55 Å². The summed E-state index contributed by atoms with van der Waals surface area (Å²) >= 11 is 0. The Bertz CT molecular complexity index is 605. The zero-order chi connectivity index (χ0) is 14.5. The highest BCUT2D eigenvalue weighted by Crippen LogP contribution is 2.18. The number of hydrogen-bond acceptors (Lipinski definition) is 4. The summed E-state index contributed by atoms with van der Waals surface area (Å²) in [7, 11) is 1.38. The first-order chi connectivity index (χ1) is 9.65. The van der Waals surface area contributed by atoms with Gasteiger partial charge in [0.25, 0.3) is 0 Å². The van der Waals surface area contributed by atoms with Gasteiger partial charge in [0, 0.05) is 18.4 Å². The maximum absolute atomic E-state index is 11.5. The molecule has 0 saturated carbocycles. The first-order valence-electron chi connectivity index (χ1n) is 6.57. The molecule has 2 aromatic rings. The fraction of sp³-hybridized carbons (Fsp3) is 0.333. The van der Waals surface area contributed by atoms with Crippen LogP contribution in [0.1, 0.15) is 28.5 Å². The Kier molecular flexibility index (Phi) is 4.40. The maximum atomic E-state index is 11.5. The number of benzene rings is 1. The fourth-order valence-corrected chi connectivity index (χ4v) is 2.02. The van der Waals surface area contributed by atoms with Gasteiger partial charge >= 0.3 is 5.97 Å². The molecule has 0 spiro atoms. The number of rotatable bonds is 5. The van der Waals surface area contributed by atoms with Crippen molar-refractivity contribution in [2.75, 3.05) is 12.4 Å². The van der Waals surface area contributed by atoms with Crippen molar-refractivity contribution in [3.05, 3.63) is 47.5 Å². The van der Waals surface area contributed by atoms with Crippen LogP contribution < -0.4 is 5.32 Å². The molecule has 0 fully saturated rings. The summed E-state index contributed by atoms with van der Waals surface area (Å²) in [5.41, 5.74) is 3.66. The molecule has 1 aromatic carbocycles. The summed E-state index contributed by atoms with van der Waals surface area (Å²) in [6.45, 7) is 5.63. The van der Waals surface area contributed by atoms with Gasteiger partial charge in [0.05, 0.1) is 31.2 Å². The lowest BCUT2D eigenvalue weighted by Crippen LogP contribution is -2.08. The summed E-state index contributed by atoms with van der Waals surface area (Å²) < 4.78 is 6.81. The summed E-state index contributed by atoms with van der Waals surface area (Å²) in [4.78, 5) is 15.7. The average Bonchev–Trinajstić information content (AvgIpc) is 2.93. The first-order valence-corrected chi connectivity index (χ1v) is 6.57. The smallest absolute Gasteiger partial charge is 0.337 e. The number of imidazole rings is 1. The second kappa shape index (κ2) is 6.23. The lowest BCUT2D eigenvalue weighted by Gasteiger charge is -2.12. The zero-order valence-corrected chi connectivity index (χ0v) is 12.0. The van der Waals surface area contributed by atoms with Crippen molar-refractivity contribution in [3.8, 4) is 0 Å². The normalized spacial score (nSPS) is 10.3. The van der Waals surface area contributed by atoms with Crippen LogP contribution in [0.4, 0.5) is 5.69 Å². The minimum atomic E-state index is -0.327. The number of esters is 1. The number of hydrogen-bond donors (Lipinski definition) is 1. The molecule has 5 heteroatoms. The number of anilines is 1. The number of carbonyl (C=O) groups is 1. The lowest BCUT2D eigenvalue weighted by atomic mass is 10.1. The molecule has 0 unspecified atom stereocenters. The van der Waals surface area contributed by atoms with Gasteiger partial charge in [-0.2, -0.15) is 0 Å². The minimum Gasteiger partial charge on any atom is -0.465 e. The molecule has 1 N–H and O–H groups in total. The Labute approximate surface area is 118 Å². The highest BCUT2D eigenvalue weighted by atomic mass is 16.5. The molecule has 2 rings (SSSR count). The molecule has 0 aliphatic carbocycles. The van der Waals surface area contributed by atoms with E-state index in [1.54, 1.807) is 6.07 Å². The minimum absolute atomic E-state index is 0.327. The molecule has 0 saturated heterocycles. The quantitative estimate of drug-likeness (QED) is 0.851. The number of nitrogens with one attached hydrogen (secondary N) is 1. The van der Waals surface area contributed by atoms with Gasteiger partial charge in [-0.25, -0.2) is 9.78 Å². The van der Waals surface area contributed by atoms with Gasteiger partial charge in [-0.3, -0.25) is 0 Å². The third-order valence-electron chi connectivity index (χ3n) is 3.26. The van der Waals surface area contributed by atoms with E-state index in [9.17, 15) is 4.79 Å². The van der Waals surface area contributed by atoms with Gasteiger partial charge in [0.15, 0.2) is 0 Å². The molecular formula is C15H19N3O2. The van der Waals surface area contributed by atoms with Crippen LogP contribution in [0.15, 0.2) is 30.7 Å². The van der Waals surface area contributed by atoms with Crippen molar-refractivity contribution in [2.45, 2.75) is 26.9 Å². The van der Waals surface area contributed by atoms with Crippen molar-refractivity contribution in [1.29, 1.82) is 0 Å². The molecule has 0 radical (unpaired) electrons. The van der Waals surface area contributed by atoms with Gasteiger partial charge in [-0.1, -0.05) is 6.07 Å². The Morgan fingerprint density at radius 1 is 1.45 bits per heavy atom. The van der Waals surface area contributed by atoms with E-state index in [1.807, 2.05) is 31.6 Å². The predicted octanol–water partition coefficient (Wildman–Crippen LogP) is 2.61. The fourth-order valence-electron chi connectivity index (χ4n) is 2.02. The van der Waals surface area contributed by atoms with Crippen LogP contribution in [0.2, 0.25) is 0 Å². The summed E-state index contributed by atoms with van der Waals surface area (Å²) in [5.74, 6) is -0.327. The molecule has 0 aliphatic rings. The molecular weight excluding hydrogens is 254 g/mol. The third kappa shape index (κ3) is 2.99. The van der Waals surface area contributed by atoms with Crippen LogP contribution in [0.5, 0.6) is 0 Å². The molecule has 106 valence electrons. The Morgan fingerprint density at radius 3 is 2.95 bits per heavy atom. The largest absolute Gasteiger partial charge is 0.465 e. The van der Waals surface area contributed by atoms with Crippen LogP contribution in [-0.4, -0.2) is 22.6 Å². The van der Waals surface area contributed by atoms with Crippen LogP contribution in [0.3, 0.4) is 0 Å². The van der Waals surface area contributed by atoms with Gasteiger partial charge in [0.1, 0.15) is 0 Å². The van der Waals surface area contributed by atoms with Crippen molar-refractivity contribution in [2.24, 2.45) is 0 Å². The maximum Gasteiger partial charge on any atom is 0.337 e. The molecule has 0 atom stereocenters. The third-order valence-corrected chi connectivity index (χ3v) is 3.26. The topological polar surface area (TPSA) is 56.2 Å². The molecule has 0 aliphatic heterocycles. The van der Waals surface area contributed by atoms with E-state index < -0.39 is 0 Å². The first kappa shape index (κ1) is 14.1. The summed E-state index contributed by atoms with van der Waals surface area (Å²) in [6.07, 6.45) is 3.66. The molecule has 1 aromatic heterocycles. The van der Waals surface area contributed by atoms with Crippen LogP contribution in [-0.2, 0) is 17.8 Å². The van der Waals surface area contributed by atoms with E-state index in [1.165, 1.54) is 7.11 Å². The van der Waals surface area contributed by atoms with Gasteiger partial charge in [-0.05, 0) is 31.5 Å². The summed E-state index contributed by atoms with van der Waals surface area (Å²) in [6, 6.07) is 5.49. The average molecular weight is 273 g/mol. The molecule has 5 nitrogen and oxygen atoms in total. The Balaban J connectivity index is 2.14. The molecule has 0 bridgehead atoms.